The number of alkyl halides is 5. The molecule has 1 heterocycles. The number of Topliss-reactive ketones (excluding diaryl/α,β-unsaturated/α-hetero) is 1. The van der Waals surface area contributed by atoms with Crippen LogP contribution in [0, 0.1) is 5.92 Å². The number of hydrogen-bond donors (Lipinski definition) is 5. The fourth-order valence-corrected chi connectivity index (χ4v) is 5.03. The number of ketones is 1. The predicted octanol–water partition coefficient (Wildman–Crippen LogP) is 3.08. The number of aromatic nitrogens is 1. The summed E-state index contributed by atoms with van der Waals surface area (Å²) in [4.78, 5) is 82.0. The molecule has 3 atom stereocenters. The molecule has 0 bridgehead atoms. The SMILES string of the molecule is COc1ccc([C@H](NC(=O)[C@H](Cc2cccc(Cl)c2)NC(=O)CNC(=O)c2ccccn2)C(=O)N[C@H](C(=O)C(F)(F)C(=O)NCC(F)(F)F)C(C)C)cc1. The van der Waals surface area contributed by atoms with Gasteiger partial charge in [-0.15, -0.1) is 0 Å². The third-order valence-corrected chi connectivity index (χ3v) is 7.81. The van der Waals surface area contributed by atoms with Crippen molar-refractivity contribution in [1.29, 1.82) is 0 Å². The maximum atomic E-state index is 14.9. The molecule has 0 aliphatic carbocycles. The summed E-state index contributed by atoms with van der Waals surface area (Å²) in [5.41, 5.74) is 0.522. The minimum absolute atomic E-state index is 0.0183. The largest absolute Gasteiger partial charge is 0.497 e. The van der Waals surface area contributed by atoms with Crippen LogP contribution < -0.4 is 31.3 Å². The maximum Gasteiger partial charge on any atom is 0.405 e. The molecule has 13 nitrogen and oxygen atoms in total. The van der Waals surface area contributed by atoms with E-state index in [-0.39, 0.29) is 17.7 Å². The average Bonchev–Trinajstić information content (AvgIpc) is 3.13. The van der Waals surface area contributed by atoms with Gasteiger partial charge in [-0.05, 0) is 53.4 Å². The van der Waals surface area contributed by atoms with Crippen molar-refractivity contribution in [3.05, 3.63) is 94.8 Å². The minimum atomic E-state index is -5.05. The fourth-order valence-electron chi connectivity index (χ4n) is 4.81. The van der Waals surface area contributed by atoms with Crippen LogP contribution in [0.15, 0.2) is 72.9 Å². The molecule has 0 spiro atoms. The van der Waals surface area contributed by atoms with Crippen LogP contribution in [-0.2, 0) is 30.4 Å². The Kier molecular flexibility index (Phi) is 15.0. The molecular weight excluding hydrogens is 747 g/mol. The van der Waals surface area contributed by atoms with Gasteiger partial charge in [0, 0.05) is 17.6 Å². The van der Waals surface area contributed by atoms with Gasteiger partial charge >= 0.3 is 12.1 Å². The van der Waals surface area contributed by atoms with Gasteiger partial charge in [0.15, 0.2) is 0 Å². The quantitative estimate of drug-likeness (QED) is 0.102. The van der Waals surface area contributed by atoms with Crippen molar-refractivity contribution in [1.82, 2.24) is 31.6 Å². The first-order chi connectivity index (χ1) is 25.3. The number of nitrogens with zero attached hydrogens (tertiary/aromatic N) is 1. The number of carbonyl (C=O) groups excluding carboxylic acids is 6. The molecule has 290 valence electrons. The van der Waals surface area contributed by atoms with E-state index in [0.717, 1.165) is 5.32 Å². The number of halogens is 6. The molecule has 54 heavy (non-hydrogen) atoms. The van der Waals surface area contributed by atoms with Crippen LogP contribution in [-0.4, -0.2) is 84.7 Å². The van der Waals surface area contributed by atoms with Crippen molar-refractivity contribution < 1.29 is 55.5 Å². The van der Waals surface area contributed by atoms with E-state index in [1.54, 1.807) is 30.3 Å². The zero-order chi connectivity index (χ0) is 40.2. The number of amides is 5. The Morgan fingerprint density at radius 3 is 2.09 bits per heavy atom. The van der Waals surface area contributed by atoms with E-state index in [1.807, 2.05) is 0 Å². The van der Waals surface area contributed by atoms with Crippen LogP contribution in [0.4, 0.5) is 22.0 Å². The van der Waals surface area contributed by atoms with Gasteiger partial charge in [0.25, 0.3) is 11.8 Å². The van der Waals surface area contributed by atoms with Crippen molar-refractivity contribution in [2.75, 3.05) is 20.2 Å². The summed E-state index contributed by atoms with van der Waals surface area (Å²) in [5, 5.41) is 10.6. The number of nitrogens with one attached hydrogen (secondary N) is 5. The summed E-state index contributed by atoms with van der Waals surface area (Å²) < 4.78 is 72.6. The van der Waals surface area contributed by atoms with Crippen LogP contribution in [0.2, 0.25) is 5.02 Å². The van der Waals surface area contributed by atoms with Gasteiger partial charge in [0.05, 0.1) is 19.7 Å². The Balaban J connectivity index is 1.91. The van der Waals surface area contributed by atoms with E-state index in [1.165, 1.54) is 63.6 Å². The predicted molar refractivity (Wildman–Crippen MR) is 183 cm³/mol. The smallest absolute Gasteiger partial charge is 0.405 e. The summed E-state index contributed by atoms with van der Waals surface area (Å²) in [6, 6.07) is 11.0. The van der Waals surface area contributed by atoms with E-state index in [9.17, 15) is 50.7 Å². The lowest BCUT2D eigenvalue weighted by atomic mass is 9.94. The second-order valence-electron chi connectivity index (χ2n) is 12.0. The van der Waals surface area contributed by atoms with Gasteiger partial charge in [0.2, 0.25) is 23.5 Å². The highest BCUT2D eigenvalue weighted by atomic mass is 35.5. The van der Waals surface area contributed by atoms with E-state index >= 15 is 0 Å². The highest BCUT2D eigenvalue weighted by molar-refractivity contribution is 6.30. The van der Waals surface area contributed by atoms with Gasteiger partial charge in [0.1, 0.15) is 30.1 Å². The zero-order valence-corrected chi connectivity index (χ0v) is 29.7. The Bertz CT molecular complexity index is 1810. The van der Waals surface area contributed by atoms with E-state index < -0.39 is 84.6 Å². The van der Waals surface area contributed by atoms with E-state index in [2.05, 4.69) is 26.3 Å². The number of benzene rings is 2. The van der Waals surface area contributed by atoms with Crippen molar-refractivity contribution >= 4 is 46.9 Å². The van der Waals surface area contributed by atoms with Crippen LogP contribution in [0.1, 0.15) is 41.5 Å². The highest BCUT2D eigenvalue weighted by Crippen LogP contribution is 2.24. The summed E-state index contributed by atoms with van der Waals surface area (Å²) in [6.45, 7) is -0.268. The summed E-state index contributed by atoms with van der Waals surface area (Å²) in [7, 11) is 1.35. The monoisotopic (exact) mass is 782 g/mol. The number of carbonyl (C=O) groups is 6. The summed E-state index contributed by atoms with van der Waals surface area (Å²) in [5.74, 6) is -14.3. The fraction of sp³-hybridized carbons (Fsp3) is 0.343. The van der Waals surface area contributed by atoms with Crippen LogP contribution in [0.3, 0.4) is 0 Å². The van der Waals surface area contributed by atoms with Gasteiger partial charge in [-0.1, -0.05) is 55.8 Å². The van der Waals surface area contributed by atoms with Crippen molar-refractivity contribution in [3.63, 3.8) is 0 Å². The van der Waals surface area contributed by atoms with Gasteiger partial charge in [-0.25, -0.2) is 0 Å². The molecule has 2 aromatic carbocycles. The summed E-state index contributed by atoms with van der Waals surface area (Å²) in [6.07, 6.45) is -3.88. The molecule has 0 fully saturated rings. The molecule has 19 heteroatoms. The summed E-state index contributed by atoms with van der Waals surface area (Å²) >= 11 is 6.12. The second kappa shape index (κ2) is 18.9. The van der Waals surface area contributed by atoms with E-state index in [0.29, 0.717) is 16.3 Å². The molecule has 0 aliphatic rings. The maximum absolute atomic E-state index is 14.9. The second-order valence-corrected chi connectivity index (χ2v) is 12.5. The average molecular weight is 783 g/mol. The van der Waals surface area contributed by atoms with Crippen LogP contribution >= 0.6 is 11.6 Å². The number of pyridine rings is 1. The molecule has 0 saturated carbocycles. The van der Waals surface area contributed by atoms with Crippen LogP contribution in [0.5, 0.6) is 5.75 Å². The molecule has 1 aromatic heterocycles. The molecular formula is C35H36ClF5N6O7. The van der Waals surface area contributed by atoms with Gasteiger partial charge in [-0.2, -0.15) is 22.0 Å². The lowest BCUT2D eigenvalue weighted by Gasteiger charge is -2.28. The molecule has 0 saturated heterocycles. The van der Waals surface area contributed by atoms with Gasteiger partial charge < -0.3 is 31.3 Å². The lowest BCUT2D eigenvalue weighted by Crippen LogP contribution is -2.59. The topological polar surface area (TPSA) is 185 Å². The first-order valence-electron chi connectivity index (χ1n) is 16.1. The van der Waals surface area contributed by atoms with Crippen molar-refractivity contribution in [3.8, 4) is 5.75 Å². The Morgan fingerprint density at radius 2 is 1.52 bits per heavy atom. The number of ether oxygens (including phenoxy) is 1. The molecule has 3 aromatic rings. The lowest BCUT2D eigenvalue weighted by molar-refractivity contribution is -0.165. The number of methoxy groups -OCH3 is 1. The molecule has 0 aliphatic heterocycles. The Hall–Kier alpha value is -5.65. The minimum Gasteiger partial charge on any atom is -0.497 e. The number of hydrogen-bond acceptors (Lipinski definition) is 8. The highest BCUT2D eigenvalue weighted by Gasteiger charge is 2.52. The normalized spacial score (nSPS) is 13.1. The molecule has 3 rings (SSSR count). The molecule has 5 N–H and O–H groups in total. The first kappa shape index (κ1) is 42.8. The van der Waals surface area contributed by atoms with E-state index in [4.69, 9.17) is 16.3 Å². The Labute approximate surface area is 310 Å². The van der Waals surface area contributed by atoms with Gasteiger partial charge in [-0.3, -0.25) is 33.8 Å². The number of rotatable bonds is 17. The van der Waals surface area contributed by atoms with Crippen LogP contribution in [0.25, 0.3) is 0 Å². The molecule has 0 unspecified atom stereocenters. The first-order valence-corrected chi connectivity index (χ1v) is 16.4. The third-order valence-electron chi connectivity index (χ3n) is 7.58. The molecule has 5 amide bonds. The standard InChI is InChI=1S/C35H36ClF5N6O7/c1-19(2)27(29(49)35(40,41)33(53)44-18-34(37,38)39)46-32(52)28(21-10-12-23(54-3)13-11-21)47-31(51)25(16-20-7-6-8-22(36)15-20)45-26(48)17-43-30(50)24-9-4-5-14-42-24/h4-15,19,25,27-28H,16-18H2,1-3H3,(H,43,50)(H,44,53)(H,45,48)(H,46,52)(H,47,51)/t25-,27-,28-/m0/s1. The molecule has 0 radical (unpaired) electrons. The Morgan fingerprint density at radius 1 is 0.833 bits per heavy atom. The zero-order valence-electron chi connectivity index (χ0n) is 28.9. The van der Waals surface area contributed by atoms with Crippen molar-refractivity contribution in [2.45, 2.75) is 50.5 Å². The van der Waals surface area contributed by atoms with Crippen molar-refractivity contribution in [2.24, 2.45) is 5.92 Å². The third kappa shape index (κ3) is 12.5.